The lowest BCUT2D eigenvalue weighted by Gasteiger charge is -2.08. The summed E-state index contributed by atoms with van der Waals surface area (Å²) in [6.45, 7) is 0. The van der Waals surface area contributed by atoms with E-state index in [0.29, 0.717) is 21.6 Å². The first-order valence-electron chi connectivity index (χ1n) is 4.94. The zero-order chi connectivity index (χ0) is 12.3. The first kappa shape index (κ1) is 12.6. The van der Waals surface area contributed by atoms with Gasteiger partial charge < -0.3 is 5.73 Å². The maximum Gasteiger partial charge on any atom is 0.133 e. The molecule has 1 heterocycles. The van der Waals surface area contributed by atoms with E-state index >= 15 is 0 Å². The smallest absolute Gasteiger partial charge is 0.133 e. The summed E-state index contributed by atoms with van der Waals surface area (Å²) in [5.74, 6) is 0.695. The molecule has 0 aliphatic rings. The third-order valence-electron chi connectivity index (χ3n) is 2.21. The van der Waals surface area contributed by atoms with E-state index < -0.39 is 0 Å². The molecular weight excluding hydrogens is 275 g/mol. The number of anilines is 1. The molecule has 0 fully saturated rings. The number of pyridine rings is 1. The molecule has 88 valence electrons. The Balaban J connectivity index is 2.16. The van der Waals surface area contributed by atoms with Crippen molar-refractivity contribution in [2.45, 2.75) is 10.6 Å². The number of hydrogen-bond acceptors (Lipinski definition) is 3. The highest BCUT2D eigenvalue weighted by atomic mass is 35.5. The van der Waals surface area contributed by atoms with Gasteiger partial charge in [0.05, 0.1) is 5.02 Å². The van der Waals surface area contributed by atoms with E-state index in [1.165, 1.54) is 0 Å². The minimum Gasteiger partial charge on any atom is -0.398 e. The zero-order valence-electron chi connectivity index (χ0n) is 8.86. The van der Waals surface area contributed by atoms with Crippen LogP contribution in [0.4, 0.5) is 5.69 Å². The summed E-state index contributed by atoms with van der Waals surface area (Å²) in [6, 6.07) is 9.29. The predicted octanol–water partition coefficient (Wildman–Crippen LogP) is 4.26. The third kappa shape index (κ3) is 3.06. The van der Waals surface area contributed by atoms with Crippen LogP contribution >= 0.6 is 35.0 Å². The van der Waals surface area contributed by atoms with Crippen LogP contribution < -0.4 is 5.73 Å². The fourth-order valence-corrected chi connectivity index (χ4v) is 2.94. The van der Waals surface area contributed by atoms with Crippen LogP contribution in [0.15, 0.2) is 41.4 Å². The van der Waals surface area contributed by atoms with E-state index in [4.69, 9.17) is 28.9 Å². The van der Waals surface area contributed by atoms with Crippen molar-refractivity contribution in [2.24, 2.45) is 0 Å². The fraction of sp³-hybridized carbons (Fsp3) is 0.0833. The number of nitrogens with zero attached hydrogens (tertiary/aromatic N) is 1. The van der Waals surface area contributed by atoms with Crippen molar-refractivity contribution in [1.82, 2.24) is 4.98 Å². The molecule has 0 saturated heterocycles. The molecule has 0 radical (unpaired) electrons. The van der Waals surface area contributed by atoms with Crippen LogP contribution in [-0.4, -0.2) is 4.98 Å². The number of hydrogen-bond donors (Lipinski definition) is 1. The quantitative estimate of drug-likeness (QED) is 0.520. The molecule has 0 spiro atoms. The number of nitrogens with two attached hydrogens (primary N) is 1. The van der Waals surface area contributed by atoms with Crippen LogP contribution in [0.1, 0.15) is 5.56 Å². The second-order valence-corrected chi connectivity index (χ2v) is 5.15. The van der Waals surface area contributed by atoms with Crippen molar-refractivity contribution in [2.75, 3.05) is 5.73 Å². The largest absolute Gasteiger partial charge is 0.398 e. The van der Waals surface area contributed by atoms with E-state index in [-0.39, 0.29) is 0 Å². The predicted molar refractivity (Wildman–Crippen MR) is 74.7 cm³/mol. The third-order valence-corrected chi connectivity index (χ3v) is 4.17. The average Bonchev–Trinajstić information content (AvgIpc) is 2.30. The molecule has 0 saturated carbocycles. The molecule has 2 rings (SSSR count). The number of nitrogen functional groups attached to an aromatic ring is 1. The molecule has 17 heavy (non-hydrogen) atoms. The highest BCUT2D eigenvalue weighted by Gasteiger charge is 2.07. The van der Waals surface area contributed by atoms with Gasteiger partial charge in [0.2, 0.25) is 0 Å². The Morgan fingerprint density at radius 3 is 2.71 bits per heavy atom. The Morgan fingerprint density at radius 2 is 2.00 bits per heavy atom. The molecular formula is C12H10Cl2N2S. The molecule has 1 aromatic heterocycles. The highest BCUT2D eigenvalue weighted by Crippen LogP contribution is 2.35. The minimum atomic E-state index is 0.519. The Hall–Kier alpha value is -0.900. The maximum atomic E-state index is 6.09. The number of rotatable bonds is 3. The first-order valence-corrected chi connectivity index (χ1v) is 6.69. The SMILES string of the molecule is Nc1cccc(Cl)c1SCc1cccnc1Cl. The zero-order valence-corrected chi connectivity index (χ0v) is 11.2. The van der Waals surface area contributed by atoms with Gasteiger partial charge in [0, 0.05) is 22.5 Å². The Kier molecular flexibility index (Phi) is 4.15. The molecule has 2 aromatic rings. The van der Waals surface area contributed by atoms with Gasteiger partial charge >= 0.3 is 0 Å². The van der Waals surface area contributed by atoms with E-state index in [0.717, 1.165) is 10.5 Å². The Labute approximate surface area is 114 Å². The highest BCUT2D eigenvalue weighted by molar-refractivity contribution is 7.98. The lowest BCUT2D eigenvalue weighted by atomic mass is 10.3. The lowest BCUT2D eigenvalue weighted by molar-refractivity contribution is 1.25. The standard InChI is InChI=1S/C12H10Cl2N2S/c13-9-4-1-5-10(15)11(9)17-7-8-3-2-6-16-12(8)14/h1-6H,7,15H2. The van der Waals surface area contributed by atoms with Crippen molar-refractivity contribution in [3.05, 3.63) is 52.3 Å². The molecule has 0 unspecified atom stereocenters. The van der Waals surface area contributed by atoms with Crippen LogP contribution in [0, 0.1) is 0 Å². The average molecular weight is 285 g/mol. The van der Waals surface area contributed by atoms with Gasteiger partial charge in [-0.05, 0) is 23.8 Å². The van der Waals surface area contributed by atoms with Gasteiger partial charge in [0.25, 0.3) is 0 Å². The summed E-state index contributed by atoms with van der Waals surface area (Å²) in [5, 5.41) is 1.18. The van der Waals surface area contributed by atoms with Crippen molar-refractivity contribution < 1.29 is 0 Å². The molecule has 0 atom stereocenters. The van der Waals surface area contributed by atoms with Gasteiger partial charge in [0.15, 0.2) is 0 Å². The normalized spacial score (nSPS) is 10.5. The molecule has 2 nitrogen and oxygen atoms in total. The molecule has 0 aliphatic heterocycles. The molecule has 2 N–H and O–H groups in total. The van der Waals surface area contributed by atoms with Gasteiger partial charge in [-0.3, -0.25) is 0 Å². The number of aromatic nitrogens is 1. The van der Waals surface area contributed by atoms with Gasteiger partial charge in [-0.15, -0.1) is 11.8 Å². The summed E-state index contributed by atoms with van der Waals surface area (Å²) in [6.07, 6.45) is 1.67. The van der Waals surface area contributed by atoms with Crippen LogP contribution in [-0.2, 0) is 5.75 Å². The molecule has 0 bridgehead atoms. The lowest BCUT2D eigenvalue weighted by Crippen LogP contribution is -1.90. The van der Waals surface area contributed by atoms with Gasteiger partial charge in [-0.1, -0.05) is 35.3 Å². The van der Waals surface area contributed by atoms with Gasteiger partial charge in [-0.2, -0.15) is 0 Å². The van der Waals surface area contributed by atoms with Crippen LogP contribution in [0.25, 0.3) is 0 Å². The van der Waals surface area contributed by atoms with E-state index in [9.17, 15) is 0 Å². The van der Waals surface area contributed by atoms with E-state index in [2.05, 4.69) is 4.98 Å². The molecule has 5 heteroatoms. The summed E-state index contributed by atoms with van der Waals surface area (Å²) in [4.78, 5) is 4.91. The first-order chi connectivity index (χ1) is 8.18. The van der Waals surface area contributed by atoms with Crippen molar-refractivity contribution >= 4 is 40.7 Å². The summed E-state index contributed by atoms with van der Waals surface area (Å²) < 4.78 is 0. The van der Waals surface area contributed by atoms with E-state index in [1.54, 1.807) is 18.0 Å². The van der Waals surface area contributed by atoms with Crippen molar-refractivity contribution in [1.29, 1.82) is 0 Å². The Morgan fingerprint density at radius 1 is 1.18 bits per heavy atom. The van der Waals surface area contributed by atoms with Crippen molar-refractivity contribution in [3.8, 4) is 0 Å². The second kappa shape index (κ2) is 5.63. The maximum absolute atomic E-state index is 6.09. The van der Waals surface area contributed by atoms with Gasteiger partial charge in [-0.25, -0.2) is 4.98 Å². The van der Waals surface area contributed by atoms with Crippen LogP contribution in [0.3, 0.4) is 0 Å². The Bertz CT molecular complexity index is 511. The van der Waals surface area contributed by atoms with Crippen LogP contribution in [0.5, 0.6) is 0 Å². The minimum absolute atomic E-state index is 0.519. The van der Waals surface area contributed by atoms with E-state index in [1.807, 2.05) is 30.3 Å². The van der Waals surface area contributed by atoms with Gasteiger partial charge in [0.1, 0.15) is 5.15 Å². The monoisotopic (exact) mass is 284 g/mol. The molecule has 0 amide bonds. The molecule has 1 aromatic carbocycles. The topological polar surface area (TPSA) is 38.9 Å². The summed E-state index contributed by atoms with van der Waals surface area (Å²) in [7, 11) is 0. The fourth-order valence-electron chi connectivity index (χ4n) is 1.35. The number of benzene rings is 1. The number of halogens is 2. The summed E-state index contributed by atoms with van der Waals surface area (Å²) >= 11 is 13.6. The van der Waals surface area contributed by atoms with Crippen molar-refractivity contribution in [3.63, 3.8) is 0 Å². The van der Waals surface area contributed by atoms with Crippen LogP contribution in [0.2, 0.25) is 10.2 Å². The number of thioether (sulfide) groups is 1. The molecule has 0 aliphatic carbocycles. The second-order valence-electron chi connectivity index (χ2n) is 3.40. The summed E-state index contributed by atoms with van der Waals surface area (Å²) in [5.41, 5.74) is 7.52.